The minimum atomic E-state index is -4.35. The first-order valence-electron chi connectivity index (χ1n) is 9.34. The standard InChI is InChI=1S/C20H24F3N3OS/c1-14(2)12-25-7-9-26(10-8-25)18(27)11-17-13-28-19(24-17)15-3-5-16(6-4-15)20(21,22)23/h3-6,13-14H,7-12H2,1-2H3. The highest BCUT2D eigenvalue weighted by atomic mass is 32.1. The molecule has 1 aliphatic rings. The van der Waals surface area contributed by atoms with E-state index in [9.17, 15) is 18.0 Å². The second kappa shape index (κ2) is 8.61. The van der Waals surface area contributed by atoms with Crippen LogP contribution >= 0.6 is 11.3 Å². The molecule has 1 aromatic heterocycles. The summed E-state index contributed by atoms with van der Waals surface area (Å²) in [6.45, 7) is 8.64. The number of alkyl halides is 3. The average molecular weight is 411 g/mol. The zero-order valence-corrected chi connectivity index (χ0v) is 16.8. The molecule has 3 rings (SSSR count). The number of benzene rings is 1. The smallest absolute Gasteiger partial charge is 0.340 e. The second-order valence-electron chi connectivity index (χ2n) is 7.47. The molecular formula is C20H24F3N3OS. The van der Waals surface area contributed by atoms with Crippen LogP contribution in [0.25, 0.3) is 10.6 Å². The van der Waals surface area contributed by atoms with Gasteiger partial charge in [-0.15, -0.1) is 11.3 Å². The molecule has 0 aliphatic carbocycles. The van der Waals surface area contributed by atoms with E-state index < -0.39 is 11.7 Å². The van der Waals surface area contributed by atoms with Gasteiger partial charge in [0.25, 0.3) is 0 Å². The Hall–Kier alpha value is -1.93. The number of aromatic nitrogens is 1. The molecule has 2 heterocycles. The van der Waals surface area contributed by atoms with Gasteiger partial charge in [-0.2, -0.15) is 13.2 Å². The van der Waals surface area contributed by atoms with E-state index in [1.165, 1.54) is 23.5 Å². The Morgan fingerprint density at radius 1 is 1.14 bits per heavy atom. The molecule has 0 spiro atoms. The lowest BCUT2D eigenvalue weighted by atomic mass is 10.1. The molecule has 1 aromatic carbocycles. The minimum absolute atomic E-state index is 0.0495. The van der Waals surface area contributed by atoms with Crippen molar-refractivity contribution in [2.75, 3.05) is 32.7 Å². The molecule has 28 heavy (non-hydrogen) atoms. The van der Waals surface area contributed by atoms with Crippen LogP contribution in [0, 0.1) is 5.92 Å². The van der Waals surface area contributed by atoms with Crippen molar-refractivity contribution in [3.63, 3.8) is 0 Å². The average Bonchev–Trinajstić information content (AvgIpc) is 3.09. The van der Waals surface area contributed by atoms with Crippen LogP contribution in [0.2, 0.25) is 0 Å². The summed E-state index contributed by atoms with van der Waals surface area (Å²) in [5, 5.41) is 2.43. The van der Waals surface area contributed by atoms with Gasteiger partial charge in [0.2, 0.25) is 5.91 Å². The lowest BCUT2D eigenvalue weighted by Crippen LogP contribution is -2.49. The van der Waals surface area contributed by atoms with Crippen molar-refractivity contribution >= 4 is 17.2 Å². The van der Waals surface area contributed by atoms with Crippen LogP contribution in [0.4, 0.5) is 13.2 Å². The van der Waals surface area contributed by atoms with E-state index >= 15 is 0 Å². The predicted molar refractivity (Wildman–Crippen MR) is 104 cm³/mol. The van der Waals surface area contributed by atoms with Crippen molar-refractivity contribution < 1.29 is 18.0 Å². The second-order valence-corrected chi connectivity index (χ2v) is 8.33. The fraction of sp³-hybridized carbons (Fsp3) is 0.500. The summed E-state index contributed by atoms with van der Waals surface area (Å²) in [5.74, 6) is 0.661. The maximum absolute atomic E-state index is 12.7. The van der Waals surface area contributed by atoms with Crippen molar-refractivity contribution in [3.8, 4) is 10.6 Å². The number of carbonyl (C=O) groups is 1. The van der Waals surface area contributed by atoms with Crippen molar-refractivity contribution in [2.45, 2.75) is 26.4 Å². The number of nitrogens with zero attached hydrogens (tertiary/aromatic N) is 3. The van der Waals surface area contributed by atoms with Gasteiger partial charge >= 0.3 is 6.18 Å². The largest absolute Gasteiger partial charge is 0.416 e. The van der Waals surface area contributed by atoms with E-state index in [4.69, 9.17) is 0 Å². The highest BCUT2D eigenvalue weighted by Gasteiger charge is 2.30. The van der Waals surface area contributed by atoms with Gasteiger partial charge in [0.15, 0.2) is 0 Å². The van der Waals surface area contributed by atoms with Crippen LogP contribution in [0.3, 0.4) is 0 Å². The summed E-state index contributed by atoms with van der Waals surface area (Å²) in [7, 11) is 0. The molecular weight excluding hydrogens is 387 g/mol. The zero-order chi connectivity index (χ0) is 20.3. The van der Waals surface area contributed by atoms with E-state index in [0.29, 0.717) is 22.2 Å². The van der Waals surface area contributed by atoms with Gasteiger partial charge in [0.05, 0.1) is 17.7 Å². The first kappa shape index (κ1) is 20.8. The third kappa shape index (κ3) is 5.32. The molecule has 2 aromatic rings. The van der Waals surface area contributed by atoms with Crippen LogP contribution in [-0.2, 0) is 17.4 Å². The molecule has 1 amide bonds. The number of carbonyl (C=O) groups excluding carboxylic acids is 1. The van der Waals surface area contributed by atoms with E-state index in [0.717, 1.165) is 44.9 Å². The Balaban J connectivity index is 1.57. The van der Waals surface area contributed by atoms with Gasteiger partial charge < -0.3 is 4.90 Å². The molecule has 0 atom stereocenters. The van der Waals surface area contributed by atoms with E-state index in [-0.39, 0.29) is 12.3 Å². The normalized spacial score (nSPS) is 16.0. The number of thiazole rings is 1. The Morgan fingerprint density at radius 2 is 1.79 bits per heavy atom. The van der Waals surface area contributed by atoms with Crippen LogP contribution < -0.4 is 0 Å². The molecule has 0 saturated carbocycles. The first-order valence-corrected chi connectivity index (χ1v) is 10.2. The van der Waals surface area contributed by atoms with Gasteiger partial charge in [-0.25, -0.2) is 4.98 Å². The van der Waals surface area contributed by atoms with Gasteiger partial charge in [-0.05, 0) is 18.1 Å². The fourth-order valence-electron chi connectivity index (χ4n) is 3.29. The molecule has 4 nitrogen and oxygen atoms in total. The Morgan fingerprint density at radius 3 is 2.36 bits per heavy atom. The highest BCUT2D eigenvalue weighted by Crippen LogP contribution is 2.31. The van der Waals surface area contributed by atoms with Crippen LogP contribution in [0.15, 0.2) is 29.6 Å². The topological polar surface area (TPSA) is 36.4 Å². The van der Waals surface area contributed by atoms with Crippen LogP contribution in [-0.4, -0.2) is 53.4 Å². The Bertz CT molecular complexity index is 794. The molecule has 0 radical (unpaired) electrons. The summed E-state index contributed by atoms with van der Waals surface area (Å²) in [6.07, 6.45) is -4.13. The summed E-state index contributed by atoms with van der Waals surface area (Å²) < 4.78 is 38.0. The van der Waals surface area contributed by atoms with E-state index in [1.807, 2.05) is 4.90 Å². The summed E-state index contributed by atoms with van der Waals surface area (Å²) >= 11 is 1.34. The van der Waals surface area contributed by atoms with Crippen LogP contribution in [0.5, 0.6) is 0 Å². The molecule has 1 fully saturated rings. The van der Waals surface area contributed by atoms with Crippen molar-refractivity contribution in [1.29, 1.82) is 0 Å². The number of halogens is 3. The molecule has 152 valence electrons. The van der Waals surface area contributed by atoms with Crippen LogP contribution in [0.1, 0.15) is 25.1 Å². The Labute approximate surface area is 167 Å². The van der Waals surface area contributed by atoms with E-state index in [1.54, 1.807) is 5.38 Å². The first-order chi connectivity index (χ1) is 13.2. The molecule has 0 unspecified atom stereocenters. The number of rotatable bonds is 5. The molecule has 1 aliphatic heterocycles. The summed E-state index contributed by atoms with van der Waals surface area (Å²) in [6, 6.07) is 4.94. The third-order valence-electron chi connectivity index (χ3n) is 4.69. The van der Waals surface area contributed by atoms with Gasteiger partial charge in [-0.1, -0.05) is 26.0 Å². The molecule has 8 heteroatoms. The van der Waals surface area contributed by atoms with Gasteiger partial charge in [0, 0.05) is 43.7 Å². The van der Waals surface area contributed by atoms with E-state index in [2.05, 4.69) is 23.7 Å². The lowest BCUT2D eigenvalue weighted by molar-refractivity contribution is -0.137. The number of piperazine rings is 1. The monoisotopic (exact) mass is 411 g/mol. The third-order valence-corrected chi connectivity index (χ3v) is 5.63. The summed E-state index contributed by atoms with van der Waals surface area (Å²) in [5.41, 5.74) is 0.605. The quantitative estimate of drug-likeness (QED) is 0.741. The van der Waals surface area contributed by atoms with Crippen molar-refractivity contribution in [3.05, 3.63) is 40.9 Å². The maximum Gasteiger partial charge on any atom is 0.416 e. The predicted octanol–water partition coefficient (Wildman–Crippen LogP) is 4.17. The highest BCUT2D eigenvalue weighted by molar-refractivity contribution is 7.13. The number of hydrogen-bond donors (Lipinski definition) is 0. The molecule has 0 N–H and O–H groups in total. The lowest BCUT2D eigenvalue weighted by Gasteiger charge is -2.35. The number of amides is 1. The van der Waals surface area contributed by atoms with Gasteiger partial charge in [0.1, 0.15) is 5.01 Å². The summed E-state index contributed by atoms with van der Waals surface area (Å²) in [4.78, 5) is 21.2. The maximum atomic E-state index is 12.7. The molecule has 0 bridgehead atoms. The molecule has 1 saturated heterocycles. The van der Waals surface area contributed by atoms with Crippen molar-refractivity contribution in [1.82, 2.24) is 14.8 Å². The van der Waals surface area contributed by atoms with Crippen molar-refractivity contribution in [2.24, 2.45) is 5.92 Å². The van der Waals surface area contributed by atoms with Gasteiger partial charge in [-0.3, -0.25) is 9.69 Å². The fourth-order valence-corrected chi connectivity index (χ4v) is 4.11. The Kier molecular flexibility index (Phi) is 6.40. The number of hydrogen-bond acceptors (Lipinski definition) is 4. The minimum Gasteiger partial charge on any atom is -0.340 e. The zero-order valence-electron chi connectivity index (χ0n) is 16.0. The SMILES string of the molecule is CC(C)CN1CCN(C(=O)Cc2csc(-c3ccc(C(F)(F)F)cc3)n2)CC1.